The maximum Gasteiger partial charge on any atom is 0.163 e. The molecule has 0 aliphatic carbocycles. The Labute approximate surface area is 98.9 Å². The number of Topliss-reactive ketones (excluding diaryl/α,β-unsaturated/α-hetero) is 1. The molecular weight excluding hydrogens is 196 g/mol. The lowest BCUT2D eigenvalue weighted by atomic mass is 9.88. The van der Waals surface area contributed by atoms with Crippen molar-refractivity contribution in [2.45, 2.75) is 47.5 Å². The lowest BCUT2D eigenvalue weighted by Crippen LogP contribution is -2.10. The van der Waals surface area contributed by atoms with Gasteiger partial charge in [0.1, 0.15) is 0 Å². The molecular formula is C15H22O. The first-order valence-corrected chi connectivity index (χ1v) is 5.90. The lowest BCUT2D eigenvalue weighted by molar-refractivity contribution is 0.0965. The van der Waals surface area contributed by atoms with Crippen LogP contribution in [0.15, 0.2) is 18.2 Å². The summed E-state index contributed by atoms with van der Waals surface area (Å²) < 4.78 is 0. The minimum Gasteiger partial charge on any atom is -0.294 e. The average molecular weight is 218 g/mol. The Morgan fingerprint density at radius 2 is 1.81 bits per heavy atom. The number of carbonyl (C=O) groups excluding carboxylic acids is 1. The Balaban J connectivity index is 2.77. The van der Waals surface area contributed by atoms with Gasteiger partial charge < -0.3 is 0 Å². The molecule has 1 aromatic rings. The molecule has 0 aliphatic heterocycles. The third kappa shape index (κ3) is 3.80. The first-order valence-electron chi connectivity index (χ1n) is 5.90. The number of ketones is 1. The molecule has 1 aromatic carbocycles. The smallest absolute Gasteiger partial charge is 0.163 e. The van der Waals surface area contributed by atoms with Crippen molar-refractivity contribution in [3.63, 3.8) is 0 Å². The molecule has 0 atom stereocenters. The van der Waals surface area contributed by atoms with Gasteiger partial charge in [0.05, 0.1) is 0 Å². The summed E-state index contributed by atoms with van der Waals surface area (Å²) in [6.07, 6.45) is 1.59. The Hall–Kier alpha value is -1.11. The lowest BCUT2D eigenvalue weighted by Gasteiger charge is -2.17. The summed E-state index contributed by atoms with van der Waals surface area (Å²) in [5.74, 6) is 0.274. The number of benzene rings is 1. The van der Waals surface area contributed by atoms with Crippen LogP contribution in [0.25, 0.3) is 0 Å². The van der Waals surface area contributed by atoms with E-state index in [0.717, 1.165) is 23.1 Å². The van der Waals surface area contributed by atoms with Gasteiger partial charge in [-0.25, -0.2) is 0 Å². The quantitative estimate of drug-likeness (QED) is 0.691. The number of rotatable bonds is 3. The zero-order chi connectivity index (χ0) is 12.3. The molecule has 0 N–H and O–H groups in total. The monoisotopic (exact) mass is 218 g/mol. The van der Waals surface area contributed by atoms with E-state index in [0.29, 0.717) is 6.42 Å². The summed E-state index contributed by atoms with van der Waals surface area (Å²) in [6.45, 7) is 10.5. The van der Waals surface area contributed by atoms with E-state index >= 15 is 0 Å². The van der Waals surface area contributed by atoms with Crippen LogP contribution in [0.1, 0.15) is 55.1 Å². The largest absolute Gasteiger partial charge is 0.294 e. The first kappa shape index (κ1) is 13.0. The summed E-state index contributed by atoms with van der Waals surface area (Å²) >= 11 is 0. The molecule has 0 bridgehead atoms. The van der Waals surface area contributed by atoms with Gasteiger partial charge in [-0.05, 0) is 37.3 Å². The Bertz CT molecular complexity index is 383. The van der Waals surface area contributed by atoms with Crippen molar-refractivity contribution in [3.8, 4) is 0 Å². The van der Waals surface area contributed by atoms with Gasteiger partial charge in [-0.15, -0.1) is 0 Å². The Morgan fingerprint density at radius 3 is 2.38 bits per heavy atom. The molecule has 0 heterocycles. The molecule has 0 saturated heterocycles. The van der Waals surface area contributed by atoms with Gasteiger partial charge in [-0.3, -0.25) is 4.79 Å². The van der Waals surface area contributed by atoms with Crippen LogP contribution in [0.2, 0.25) is 0 Å². The molecule has 0 unspecified atom stereocenters. The van der Waals surface area contributed by atoms with Gasteiger partial charge >= 0.3 is 0 Å². The molecule has 1 rings (SSSR count). The van der Waals surface area contributed by atoms with Crippen molar-refractivity contribution in [3.05, 3.63) is 34.9 Å². The second kappa shape index (κ2) is 4.82. The number of hydrogen-bond acceptors (Lipinski definition) is 1. The molecule has 1 heteroatoms. The molecule has 0 spiro atoms. The maximum atomic E-state index is 12.1. The summed E-state index contributed by atoms with van der Waals surface area (Å²) in [5, 5.41) is 0. The predicted octanol–water partition coefficient (Wildman–Crippen LogP) is 4.31. The minimum atomic E-state index is 0.230. The maximum absolute atomic E-state index is 12.1. The van der Waals surface area contributed by atoms with E-state index in [-0.39, 0.29) is 11.2 Å². The fraction of sp³-hybridized carbons (Fsp3) is 0.533. The summed E-state index contributed by atoms with van der Waals surface area (Å²) in [6, 6.07) is 6.08. The zero-order valence-electron chi connectivity index (χ0n) is 11.1. The molecule has 16 heavy (non-hydrogen) atoms. The Kier molecular flexibility index (Phi) is 3.90. The summed E-state index contributed by atoms with van der Waals surface area (Å²) in [5.41, 5.74) is 3.37. The normalized spacial score (nSPS) is 11.6. The van der Waals surface area contributed by atoms with Gasteiger partial charge in [0.15, 0.2) is 5.78 Å². The van der Waals surface area contributed by atoms with Crippen LogP contribution >= 0.6 is 0 Å². The topological polar surface area (TPSA) is 17.1 Å². The van der Waals surface area contributed by atoms with E-state index in [1.54, 1.807) is 0 Å². The Morgan fingerprint density at radius 1 is 1.19 bits per heavy atom. The predicted molar refractivity (Wildman–Crippen MR) is 68.9 cm³/mol. The van der Waals surface area contributed by atoms with Crippen LogP contribution in [0.5, 0.6) is 0 Å². The molecule has 0 aromatic heterocycles. The number of carbonyl (C=O) groups is 1. The van der Waals surface area contributed by atoms with E-state index < -0.39 is 0 Å². The van der Waals surface area contributed by atoms with Crippen LogP contribution in [-0.4, -0.2) is 5.78 Å². The van der Waals surface area contributed by atoms with Crippen LogP contribution in [-0.2, 0) is 0 Å². The average Bonchev–Trinajstić information content (AvgIpc) is 2.17. The second-order valence-corrected chi connectivity index (χ2v) is 5.80. The minimum absolute atomic E-state index is 0.230. The second-order valence-electron chi connectivity index (χ2n) is 5.80. The third-order valence-electron chi connectivity index (χ3n) is 2.80. The first-order chi connectivity index (χ1) is 7.29. The van der Waals surface area contributed by atoms with Gasteiger partial charge in [0.25, 0.3) is 0 Å². The van der Waals surface area contributed by atoms with Crippen molar-refractivity contribution >= 4 is 5.78 Å². The summed E-state index contributed by atoms with van der Waals surface area (Å²) in [4.78, 5) is 12.1. The number of aryl methyl sites for hydroxylation is 2. The molecule has 0 radical (unpaired) electrons. The van der Waals surface area contributed by atoms with E-state index in [4.69, 9.17) is 0 Å². The summed E-state index contributed by atoms with van der Waals surface area (Å²) in [7, 11) is 0. The van der Waals surface area contributed by atoms with E-state index in [1.165, 1.54) is 0 Å². The highest BCUT2D eigenvalue weighted by Crippen LogP contribution is 2.23. The molecule has 0 fully saturated rings. The SMILES string of the molecule is Cc1ccc(C)c(C(=O)CCC(C)(C)C)c1. The highest BCUT2D eigenvalue weighted by atomic mass is 16.1. The van der Waals surface area contributed by atoms with Gasteiger partial charge in [-0.1, -0.05) is 38.5 Å². The fourth-order valence-corrected chi connectivity index (χ4v) is 1.66. The number of hydrogen-bond donors (Lipinski definition) is 0. The van der Waals surface area contributed by atoms with E-state index in [1.807, 2.05) is 26.0 Å². The van der Waals surface area contributed by atoms with Crippen molar-refractivity contribution < 1.29 is 4.79 Å². The van der Waals surface area contributed by atoms with Gasteiger partial charge in [-0.2, -0.15) is 0 Å². The van der Waals surface area contributed by atoms with Crippen LogP contribution < -0.4 is 0 Å². The van der Waals surface area contributed by atoms with Crippen LogP contribution in [0, 0.1) is 19.3 Å². The highest BCUT2D eigenvalue weighted by molar-refractivity contribution is 5.97. The molecule has 1 nitrogen and oxygen atoms in total. The highest BCUT2D eigenvalue weighted by Gasteiger charge is 2.15. The molecule has 0 saturated carbocycles. The molecule has 0 aliphatic rings. The van der Waals surface area contributed by atoms with Gasteiger partial charge in [0.2, 0.25) is 0 Å². The van der Waals surface area contributed by atoms with Crippen molar-refractivity contribution in [2.75, 3.05) is 0 Å². The van der Waals surface area contributed by atoms with E-state index in [9.17, 15) is 4.79 Å². The standard InChI is InChI=1S/C15H22O/c1-11-6-7-12(2)13(10-11)14(16)8-9-15(3,4)5/h6-7,10H,8-9H2,1-5H3. The molecule has 0 amide bonds. The van der Waals surface area contributed by atoms with E-state index in [2.05, 4.69) is 26.8 Å². The van der Waals surface area contributed by atoms with Crippen LogP contribution in [0.3, 0.4) is 0 Å². The van der Waals surface area contributed by atoms with Crippen molar-refractivity contribution in [1.82, 2.24) is 0 Å². The van der Waals surface area contributed by atoms with Crippen LogP contribution in [0.4, 0.5) is 0 Å². The third-order valence-corrected chi connectivity index (χ3v) is 2.80. The van der Waals surface area contributed by atoms with Crippen molar-refractivity contribution in [2.24, 2.45) is 5.41 Å². The van der Waals surface area contributed by atoms with Crippen molar-refractivity contribution in [1.29, 1.82) is 0 Å². The van der Waals surface area contributed by atoms with Gasteiger partial charge in [0, 0.05) is 12.0 Å². The zero-order valence-corrected chi connectivity index (χ0v) is 11.1. The fourth-order valence-electron chi connectivity index (χ4n) is 1.66. The molecule has 88 valence electrons.